The van der Waals surface area contributed by atoms with Gasteiger partial charge in [-0.3, -0.25) is 4.79 Å². The van der Waals surface area contributed by atoms with Crippen LogP contribution in [0.15, 0.2) is 66.1 Å². The third kappa shape index (κ3) is 2.94. The summed E-state index contributed by atoms with van der Waals surface area (Å²) >= 11 is 0. The Kier molecular flexibility index (Phi) is 4.50. The van der Waals surface area contributed by atoms with E-state index in [0.717, 1.165) is 33.9 Å². The number of aromatic nitrogens is 3. The average molecular weight is 402 g/mol. The van der Waals surface area contributed by atoms with E-state index in [-0.39, 0.29) is 17.7 Å². The zero-order valence-electron chi connectivity index (χ0n) is 16.8. The van der Waals surface area contributed by atoms with E-state index in [1.165, 1.54) is 6.33 Å². The van der Waals surface area contributed by atoms with Crippen LogP contribution in [0.1, 0.15) is 35.9 Å². The molecular formula is C23H22N4O3. The lowest BCUT2D eigenvalue weighted by atomic mass is 9.77. The summed E-state index contributed by atoms with van der Waals surface area (Å²) in [6.07, 6.45) is 2.63. The molecule has 3 aromatic rings. The highest BCUT2D eigenvalue weighted by atomic mass is 16.5. The number of benzene rings is 2. The Labute approximate surface area is 174 Å². The summed E-state index contributed by atoms with van der Waals surface area (Å²) in [5.41, 5.74) is 3.70. The maximum absolute atomic E-state index is 13.4. The molecule has 0 saturated heterocycles. The number of nitrogens with one attached hydrogen (secondary N) is 1. The van der Waals surface area contributed by atoms with Gasteiger partial charge >= 0.3 is 0 Å². The van der Waals surface area contributed by atoms with Crippen molar-refractivity contribution in [3.63, 3.8) is 0 Å². The van der Waals surface area contributed by atoms with Gasteiger partial charge in [0, 0.05) is 29.7 Å². The summed E-state index contributed by atoms with van der Waals surface area (Å²) in [4.78, 5) is 17.8. The number of methoxy groups -OCH3 is 2. The molecule has 2 aliphatic rings. The Bertz CT molecular complexity index is 1140. The highest BCUT2D eigenvalue weighted by molar-refractivity contribution is 6.00. The predicted octanol–water partition coefficient (Wildman–Crippen LogP) is 3.71. The van der Waals surface area contributed by atoms with Crippen molar-refractivity contribution in [1.29, 1.82) is 0 Å². The fraction of sp³-hybridized carbons (Fsp3) is 0.261. The van der Waals surface area contributed by atoms with Gasteiger partial charge in [-0.25, -0.2) is 4.68 Å². The number of fused-ring (bicyclic) bond motifs is 1. The van der Waals surface area contributed by atoms with Crippen LogP contribution in [-0.4, -0.2) is 34.8 Å². The molecule has 0 fully saturated rings. The minimum atomic E-state index is -0.272. The molecule has 2 atom stereocenters. The van der Waals surface area contributed by atoms with Crippen LogP contribution in [0.25, 0.3) is 0 Å². The first kappa shape index (κ1) is 18.4. The summed E-state index contributed by atoms with van der Waals surface area (Å²) < 4.78 is 12.7. The van der Waals surface area contributed by atoms with Crippen molar-refractivity contribution in [1.82, 2.24) is 14.8 Å². The lowest BCUT2D eigenvalue weighted by molar-refractivity contribution is -0.116. The van der Waals surface area contributed by atoms with E-state index < -0.39 is 0 Å². The number of hydrogen-bond acceptors (Lipinski definition) is 6. The SMILES string of the molecule is COc1ccc([C@H]2CC(=O)C3=C(C2)Nc2ncnn2[C@@H]3c2ccccc2)c(OC)c1. The number of nitrogens with zero attached hydrogens (tertiary/aromatic N) is 3. The number of Topliss-reactive ketones (excluding diaryl/α,β-unsaturated/α-hetero) is 1. The molecule has 5 rings (SSSR count). The molecule has 7 nitrogen and oxygen atoms in total. The van der Waals surface area contributed by atoms with Crippen LogP contribution in [0.3, 0.4) is 0 Å². The van der Waals surface area contributed by atoms with Gasteiger partial charge in [-0.05, 0) is 23.6 Å². The van der Waals surface area contributed by atoms with Crippen molar-refractivity contribution < 1.29 is 14.3 Å². The molecule has 0 amide bonds. The van der Waals surface area contributed by atoms with Gasteiger partial charge in [0.05, 0.1) is 14.2 Å². The zero-order chi connectivity index (χ0) is 20.7. The van der Waals surface area contributed by atoms with Gasteiger partial charge in [0.1, 0.15) is 23.9 Å². The fourth-order valence-corrected chi connectivity index (χ4v) is 4.47. The van der Waals surface area contributed by atoms with Gasteiger partial charge < -0.3 is 14.8 Å². The summed E-state index contributed by atoms with van der Waals surface area (Å²) in [5, 5.41) is 7.74. The lowest BCUT2D eigenvalue weighted by Crippen LogP contribution is -2.33. The summed E-state index contributed by atoms with van der Waals surface area (Å²) in [6.45, 7) is 0. The standard InChI is InChI=1S/C23H22N4O3/c1-29-16-8-9-17(20(12-16)30-2)15-10-18-21(19(28)11-15)22(14-6-4-3-5-7-14)27-23(26-18)24-13-25-27/h3-9,12-13,15,22H,10-11H2,1-2H3,(H,24,25,26)/t15-,22-/m1/s1. The van der Waals surface area contributed by atoms with E-state index in [0.29, 0.717) is 18.8 Å². The molecule has 0 unspecified atom stereocenters. The van der Waals surface area contributed by atoms with Crippen LogP contribution in [0.4, 0.5) is 5.95 Å². The minimum Gasteiger partial charge on any atom is -0.497 e. The number of ether oxygens (including phenoxy) is 2. The van der Waals surface area contributed by atoms with Crippen LogP contribution in [-0.2, 0) is 4.79 Å². The second kappa shape index (κ2) is 7.33. The van der Waals surface area contributed by atoms with Crippen molar-refractivity contribution in [3.05, 3.63) is 77.3 Å². The molecule has 7 heteroatoms. The number of ketones is 1. The van der Waals surface area contributed by atoms with Crippen LogP contribution in [0.5, 0.6) is 11.5 Å². The third-order valence-electron chi connectivity index (χ3n) is 5.86. The Balaban J connectivity index is 1.57. The average Bonchev–Trinajstić information content (AvgIpc) is 3.25. The Hall–Kier alpha value is -3.61. The van der Waals surface area contributed by atoms with Crippen molar-refractivity contribution >= 4 is 11.7 Å². The van der Waals surface area contributed by atoms with Crippen LogP contribution >= 0.6 is 0 Å². The topological polar surface area (TPSA) is 78.3 Å². The van der Waals surface area contributed by atoms with Crippen LogP contribution in [0.2, 0.25) is 0 Å². The number of carbonyl (C=O) groups is 1. The van der Waals surface area contributed by atoms with Gasteiger partial charge in [0.25, 0.3) is 0 Å². The van der Waals surface area contributed by atoms with Crippen molar-refractivity contribution in [2.24, 2.45) is 0 Å². The van der Waals surface area contributed by atoms with Crippen molar-refractivity contribution in [2.75, 3.05) is 19.5 Å². The molecule has 0 saturated carbocycles. The summed E-state index contributed by atoms with van der Waals surface area (Å²) in [6, 6.07) is 15.5. The van der Waals surface area contributed by atoms with Gasteiger partial charge in [-0.1, -0.05) is 36.4 Å². The number of allylic oxidation sites excluding steroid dienone is 2. The molecule has 2 aromatic carbocycles. The quantitative estimate of drug-likeness (QED) is 0.717. The van der Waals surface area contributed by atoms with Crippen molar-refractivity contribution in [3.8, 4) is 11.5 Å². The molecule has 1 aliphatic carbocycles. The Morgan fingerprint density at radius 3 is 2.67 bits per heavy atom. The smallest absolute Gasteiger partial charge is 0.226 e. The van der Waals surface area contributed by atoms with Crippen LogP contribution in [0, 0.1) is 0 Å². The van der Waals surface area contributed by atoms with Crippen molar-refractivity contribution in [2.45, 2.75) is 24.8 Å². The second-order valence-corrected chi connectivity index (χ2v) is 7.49. The predicted molar refractivity (Wildman–Crippen MR) is 112 cm³/mol. The molecule has 1 N–H and O–H groups in total. The lowest BCUT2D eigenvalue weighted by Gasteiger charge is -2.35. The molecule has 152 valence electrons. The first-order valence-corrected chi connectivity index (χ1v) is 9.89. The Morgan fingerprint density at radius 1 is 1.07 bits per heavy atom. The molecule has 30 heavy (non-hydrogen) atoms. The van der Waals surface area contributed by atoms with E-state index in [1.54, 1.807) is 18.9 Å². The number of anilines is 1. The second-order valence-electron chi connectivity index (χ2n) is 7.49. The van der Waals surface area contributed by atoms with E-state index >= 15 is 0 Å². The highest BCUT2D eigenvalue weighted by Crippen LogP contribution is 2.45. The summed E-state index contributed by atoms with van der Waals surface area (Å²) in [7, 11) is 3.27. The van der Waals surface area contributed by atoms with E-state index in [9.17, 15) is 4.79 Å². The number of rotatable bonds is 4. The molecule has 1 aliphatic heterocycles. The molecule has 2 heterocycles. The van der Waals surface area contributed by atoms with Gasteiger partial charge in [0.2, 0.25) is 5.95 Å². The molecule has 0 bridgehead atoms. The van der Waals surface area contributed by atoms with Gasteiger partial charge in [-0.15, -0.1) is 0 Å². The molecule has 0 radical (unpaired) electrons. The van der Waals surface area contributed by atoms with E-state index in [4.69, 9.17) is 9.47 Å². The number of carbonyl (C=O) groups excluding carboxylic acids is 1. The molecule has 1 aromatic heterocycles. The zero-order valence-corrected chi connectivity index (χ0v) is 16.8. The van der Waals surface area contributed by atoms with Gasteiger partial charge in [0.15, 0.2) is 5.78 Å². The highest BCUT2D eigenvalue weighted by Gasteiger charge is 2.39. The molecular weight excluding hydrogens is 380 g/mol. The normalized spacial score (nSPS) is 20.3. The minimum absolute atomic E-state index is 0.00972. The first-order valence-electron chi connectivity index (χ1n) is 9.89. The van der Waals surface area contributed by atoms with E-state index in [2.05, 4.69) is 15.4 Å². The van der Waals surface area contributed by atoms with Crippen LogP contribution < -0.4 is 14.8 Å². The fourth-order valence-electron chi connectivity index (χ4n) is 4.47. The number of hydrogen-bond donors (Lipinski definition) is 1. The first-order chi connectivity index (χ1) is 14.7. The summed E-state index contributed by atoms with van der Waals surface area (Å²) in [5.74, 6) is 2.23. The molecule has 0 spiro atoms. The largest absolute Gasteiger partial charge is 0.497 e. The third-order valence-corrected chi connectivity index (χ3v) is 5.86. The van der Waals surface area contributed by atoms with E-state index in [1.807, 2.05) is 48.5 Å². The Morgan fingerprint density at radius 2 is 1.90 bits per heavy atom. The maximum atomic E-state index is 13.4. The monoisotopic (exact) mass is 402 g/mol. The maximum Gasteiger partial charge on any atom is 0.226 e. The van der Waals surface area contributed by atoms with Gasteiger partial charge in [-0.2, -0.15) is 10.1 Å².